The molecule has 0 radical (unpaired) electrons. The predicted molar refractivity (Wildman–Crippen MR) is 420 cm³/mol. The highest BCUT2D eigenvalue weighted by Gasteiger charge is 2.27. The molecule has 518 valence electrons. The minimum atomic E-state index is 0.490. The molecule has 5 aliphatic heterocycles. The summed E-state index contributed by atoms with van der Waals surface area (Å²) in [7, 11) is 14.4. The number of hydrogen-bond donors (Lipinski definition) is 6. The smallest absolute Gasteiger partial charge is 0.227 e. The Morgan fingerprint density at radius 2 is 0.970 bits per heavy atom. The maximum Gasteiger partial charge on any atom is 0.227 e. The zero-order valence-electron chi connectivity index (χ0n) is 58.1. The molecule has 0 aliphatic carbocycles. The Morgan fingerprint density at radius 3 is 1.40 bits per heavy atom. The fourth-order valence-electron chi connectivity index (χ4n) is 13.0. The van der Waals surface area contributed by atoms with Crippen molar-refractivity contribution in [2.45, 2.75) is 90.6 Å². The molecule has 6 N–H and O–H groups in total. The molecule has 2 saturated heterocycles. The van der Waals surface area contributed by atoms with Crippen LogP contribution in [-0.4, -0.2) is 169 Å². The molecule has 2 unspecified atom stereocenters. The molecule has 0 spiro atoms. The van der Waals surface area contributed by atoms with Crippen molar-refractivity contribution in [3.8, 4) is 39.7 Å². The molecule has 0 amide bonds. The van der Waals surface area contributed by atoms with E-state index in [0.29, 0.717) is 70.1 Å². The lowest BCUT2D eigenvalue weighted by molar-refractivity contribution is 0.257. The van der Waals surface area contributed by atoms with Crippen molar-refractivity contribution in [3.63, 3.8) is 0 Å². The normalized spacial score (nSPS) is 16.0. The molecule has 2 fully saturated rings. The minimum Gasteiger partial charge on any atom is -0.481 e. The summed E-state index contributed by atoms with van der Waals surface area (Å²) < 4.78 is 5.44. The molecule has 9 aromatic rings. The third-order valence-electron chi connectivity index (χ3n) is 18.3. The predicted octanol–water partition coefficient (Wildman–Crippen LogP) is 14.5. The first-order chi connectivity index (χ1) is 48.2. The Kier molecular flexibility index (Phi) is 22.7. The number of likely N-dealkylation sites (N-methyl/N-ethyl adjacent to an activating group) is 2. The van der Waals surface area contributed by atoms with E-state index in [1.165, 1.54) is 31.2 Å². The highest BCUT2D eigenvalue weighted by molar-refractivity contribution is 7.81. The van der Waals surface area contributed by atoms with Crippen molar-refractivity contribution in [1.29, 1.82) is 0 Å². The average molecular weight is 1440 g/mol. The van der Waals surface area contributed by atoms with Gasteiger partial charge in [0.2, 0.25) is 23.7 Å². The highest BCUT2D eigenvalue weighted by Crippen LogP contribution is 2.39. The third-order valence-corrected chi connectivity index (χ3v) is 19.5. The summed E-state index contributed by atoms with van der Waals surface area (Å²) in [5.41, 5.74) is 17.9. The topological polar surface area (TPSA) is 214 Å². The number of rotatable bonds is 15. The molecule has 11 heterocycles. The van der Waals surface area contributed by atoms with Gasteiger partial charge in [0, 0.05) is 142 Å². The van der Waals surface area contributed by atoms with Crippen LogP contribution in [0.4, 0.5) is 63.6 Å². The van der Waals surface area contributed by atoms with E-state index in [2.05, 4.69) is 168 Å². The summed E-state index contributed by atoms with van der Waals surface area (Å²) in [5.74, 6) is 4.26. The molecule has 26 heteroatoms. The number of anilines is 11. The maximum atomic E-state index is 6.21. The lowest BCUT2D eigenvalue weighted by Gasteiger charge is -2.37. The van der Waals surface area contributed by atoms with E-state index in [9.17, 15) is 0 Å². The summed E-state index contributed by atoms with van der Waals surface area (Å²) in [5, 5.41) is 21.2. The van der Waals surface area contributed by atoms with E-state index in [4.69, 9.17) is 89.5 Å². The highest BCUT2D eigenvalue weighted by atomic mass is 35.5. The van der Waals surface area contributed by atoms with Gasteiger partial charge in [0.25, 0.3) is 0 Å². The number of pyridine rings is 3. The summed E-state index contributed by atoms with van der Waals surface area (Å²) >= 11 is 28.9. The van der Waals surface area contributed by atoms with E-state index in [0.717, 1.165) is 169 Å². The lowest BCUT2D eigenvalue weighted by atomic mass is 10.0. The van der Waals surface area contributed by atoms with Crippen LogP contribution in [0.25, 0.3) is 33.8 Å². The number of piperidine rings is 2. The monoisotopic (exact) mass is 1430 g/mol. The second kappa shape index (κ2) is 31.9. The maximum absolute atomic E-state index is 6.21. The van der Waals surface area contributed by atoms with E-state index >= 15 is 0 Å². The van der Waals surface area contributed by atoms with Gasteiger partial charge in [-0.1, -0.05) is 72.0 Å². The summed E-state index contributed by atoms with van der Waals surface area (Å²) in [6.07, 6.45) is 15.7. The fourth-order valence-corrected chi connectivity index (χ4v) is 14.1. The van der Waals surface area contributed by atoms with Crippen LogP contribution in [0, 0.1) is 20.8 Å². The molecule has 5 aliphatic rings. The van der Waals surface area contributed by atoms with Gasteiger partial charge in [-0.2, -0.15) is 0 Å². The molecular formula is C74H84Cl2N20OS3. The summed E-state index contributed by atoms with van der Waals surface area (Å²) in [4.78, 5) is 56.2. The van der Waals surface area contributed by atoms with Crippen LogP contribution in [0.5, 0.6) is 5.88 Å². The Balaban J connectivity index is 0.000000142. The van der Waals surface area contributed by atoms with Gasteiger partial charge in [0.05, 0.1) is 73.8 Å². The van der Waals surface area contributed by atoms with Crippen molar-refractivity contribution in [1.82, 2.24) is 59.6 Å². The van der Waals surface area contributed by atoms with Crippen LogP contribution in [0.2, 0.25) is 10.0 Å². The number of aryl methyl sites for hydroxylation is 4. The molecule has 0 bridgehead atoms. The first-order valence-corrected chi connectivity index (χ1v) is 35.6. The standard InChI is InChI=1S/C26H31N7S.C25H28ClN7S.C23H25ClN6OS/c1-16-7-8-20-22(12-16)29-24(34)13-18-14-27-26(31-25(18)20)30-21-9-10-23(28-17(21)2)33-11-5-6-19(15-33)32(3)4;1-15-20(8-9-22(28-15)33-10-4-5-18(14-33)32(2)3)30-25-27-13-16-11-23(34)29-21-12-17(26)6-7-19(21)24(16)31-25;1-30(2)8-4-5-14-9-17(13-25-22(14)31-3)27-23-26-12-15-10-20(32)28-19-11-16(24)6-7-18(19)21(15)29-23/h7-10,12,14,19H,5-6,11,13,15H2,1-4H3,(H,29,34)(H,27,30,31);6-9,12-13,18H,4-5,10-11,14H2,1-3H3,(H,29,34)(H,27,30,31);6-7,9,11-13H,4-5,8,10H2,1-3H3,(H,28,32)(H,26,27,29). The number of halogens is 2. The quantitative estimate of drug-likeness (QED) is 0.0527. The van der Waals surface area contributed by atoms with Gasteiger partial charge in [-0.25, -0.2) is 44.9 Å². The number of methoxy groups -OCH3 is 1. The number of aromatic nitrogens is 9. The van der Waals surface area contributed by atoms with Crippen LogP contribution >= 0.6 is 59.9 Å². The second-order valence-corrected chi connectivity index (χ2v) is 28.8. The second-order valence-electron chi connectivity index (χ2n) is 26.5. The van der Waals surface area contributed by atoms with Gasteiger partial charge in [-0.3, -0.25) is 0 Å². The van der Waals surface area contributed by atoms with E-state index in [-0.39, 0.29) is 0 Å². The Morgan fingerprint density at radius 1 is 0.530 bits per heavy atom. The zero-order chi connectivity index (χ0) is 70.3. The van der Waals surface area contributed by atoms with E-state index in [1.807, 2.05) is 74.9 Å². The van der Waals surface area contributed by atoms with Gasteiger partial charge >= 0.3 is 0 Å². The molecule has 6 aromatic heterocycles. The Bertz CT molecular complexity index is 4350. The lowest BCUT2D eigenvalue weighted by Crippen LogP contribution is -2.45. The molecule has 2 atom stereocenters. The minimum absolute atomic E-state index is 0.490. The molecular weight excluding hydrogens is 1350 g/mol. The van der Waals surface area contributed by atoms with Crippen molar-refractivity contribution in [2.24, 2.45) is 0 Å². The average Bonchev–Trinajstić information content (AvgIpc) is 1.55. The van der Waals surface area contributed by atoms with Gasteiger partial charge in [0.15, 0.2) is 0 Å². The van der Waals surface area contributed by atoms with Crippen molar-refractivity contribution >= 4 is 138 Å². The van der Waals surface area contributed by atoms with Crippen molar-refractivity contribution in [3.05, 3.63) is 159 Å². The van der Waals surface area contributed by atoms with Gasteiger partial charge in [-0.05, 0) is 186 Å². The van der Waals surface area contributed by atoms with Gasteiger partial charge < -0.3 is 61.1 Å². The summed E-state index contributed by atoms with van der Waals surface area (Å²) in [6.45, 7) is 11.2. The van der Waals surface area contributed by atoms with Gasteiger partial charge in [0.1, 0.15) is 11.6 Å². The summed E-state index contributed by atoms with van der Waals surface area (Å²) in [6, 6.07) is 29.2. The number of nitrogens with zero attached hydrogens (tertiary/aromatic N) is 14. The van der Waals surface area contributed by atoms with Crippen LogP contribution in [0.15, 0.2) is 110 Å². The molecule has 100 heavy (non-hydrogen) atoms. The number of ether oxygens (including phenoxy) is 1. The number of benzene rings is 3. The largest absolute Gasteiger partial charge is 0.481 e. The Hall–Kier alpha value is -8.72. The fraction of sp³-hybridized carbons (Fsp3) is 0.351. The Labute approximate surface area is 611 Å². The first kappa shape index (κ1) is 71.1. The zero-order valence-corrected chi connectivity index (χ0v) is 62.1. The van der Waals surface area contributed by atoms with Crippen molar-refractivity contribution < 1.29 is 4.74 Å². The SMILES string of the molecule is COc1ncc(Nc2ncc3c(n2)-c2ccc(Cl)cc2NC(=S)C3)cc1CCCN(C)C.Cc1ccc2c(c1)NC(=S)Cc1cnc(Nc3ccc(N4CCCC(N(C)C)C4)nc3C)nc1-2.Cc1nc(N2CCCC(N(C)C)C2)ccc1Nc1ncc2c(n1)-c1ccc(Cl)cc1NC(=S)C2. The molecule has 21 nitrogen and oxygen atoms in total. The van der Waals surface area contributed by atoms with E-state index in [1.54, 1.807) is 13.3 Å². The van der Waals surface area contributed by atoms with Crippen LogP contribution in [-0.2, 0) is 25.7 Å². The number of fused-ring (bicyclic) bond motifs is 9. The molecule has 14 rings (SSSR count). The number of thiocarbonyl (C=S) groups is 3. The number of nitrogens with one attached hydrogen (secondary N) is 6. The number of hydrogen-bond acceptors (Lipinski definition) is 21. The van der Waals surface area contributed by atoms with Crippen LogP contribution in [0.3, 0.4) is 0 Å². The van der Waals surface area contributed by atoms with Crippen LogP contribution in [0.1, 0.15) is 71.3 Å². The first-order valence-electron chi connectivity index (χ1n) is 33.6. The van der Waals surface area contributed by atoms with Crippen LogP contribution < -0.4 is 46.4 Å². The van der Waals surface area contributed by atoms with E-state index < -0.39 is 0 Å². The molecule has 3 aromatic carbocycles. The third kappa shape index (κ3) is 17.3. The molecule has 0 saturated carbocycles. The van der Waals surface area contributed by atoms with Crippen molar-refractivity contribution in [2.75, 3.05) is 124 Å². The van der Waals surface area contributed by atoms with Gasteiger partial charge in [-0.15, -0.1) is 0 Å².